The van der Waals surface area contributed by atoms with Gasteiger partial charge in [0.05, 0.1) is 15.6 Å². The lowest BCUT2D eigenvalue weighted by Crippen LogP contribution is -2.17. The Morgan fingerprint density at radius 1 is 0.833 bits per heavy atom. The summed E-state index contributed by atoms with van der Waals surface area (Å²) >= 11 is 5.67. The molecule has 0 fully saturated rings. The zero-order chi connectivity index (χ0) is 22.1. The lowest BCUT2D eigenvalue weighted by molar-refractivity contribution is 0.570. The van der Waals surface area contributed by atoms with Crippen LogP contribution in [0.4, 0.5) is 15.8 Å². The molecule has 0 aliphatic carbocycles. The fraction of sp³-hybridized carbons (Fsp3) is 0.100. The van der Waals surface area contributed by atoms with E-state index in [4.69, 9.17) is 11.6 Å². The molecule has 6 nitrogen and oxygen atoms in total. The first-order valence-electron chi connectivity index (χ1n) is 8.66. The van der Waals surface area contributed by atoms with Crippen molar-refractivity contribution >= 4 is 43.0 Å². The molecule has 0 amide bonds. The van der Waals surface area contributed by atoms with Gasteiger partial charge in [-0.05, 0) is 61.4 Å². The van der Waals surface area contributed by atoms with Gasteiger partial charge in [0, 0.05) is 5.69 Å². The molecule has 3 aromatic carbocycles. The van der Waals surface area contributed by atoms with Crippen molar-refractivity contribution in [3.63, 3.8) is 0 Å². The molecule has 0 spiro atoms. The van der Waals surface area contributed by atoms with Crippen LogP contribution in [0.2, 0.25) is 5.02 Å². The van der Waals surface area contributed by atoms with Crippen LogP contribution in [0.15, 0.2) is 70.5 Å². The maximum Gasteiger partial charge on any atom is 0.264 e. The van der Waals surface area contributed by atoms with E-state index in [0.717, 1.165) is 11.6 Å². The number of rotatable bonds is 6. The molecule has 0 aliphatic heterocycles. The van der Waals surface area contributed by atoms with E-state index in [2.05, 4.69) is 9.44 Å². The molecule has 30 heavy (non-hydrogen) atoms. The minimum atomic E-state index is -4.34. The molecule has 10 heteroatoms. The molecule has 0 heterocycles. The summed E-state index contributed by atoms with van der Waals surface area (Å²) in [6.45, 7) is 3.42. The fourth-order valence-corrected chi connectivity index (χ4v) is 5.22. The number of hydrogen-bond donors (Lipinski definition) is 2. The van der Waals surface area contributed by atoms with E-state index >= 15 is 0 Å². The lowest BCUT2D eigenvalue weighted by atomic mass is 10.2. The molecular weight excluding hydrogens is 451 g/mol. The second-order valence-corrected chi connectivity index (χ2v) is 10.3. The van der Waals surface area contributed by atoms with Crippen molar-refractivity contribution in [1.82, 2.24) is 0 Å². The van der Waals surface area contributed by atoms with Crippen LogP contribution in [0.25, 0.3) is 0 Å². The zero-order valence-electron chi connectivity index (χ0n) is 16.0. The smallest absolute Gasteiger partial charge is 0.264 e. The van der Waals surface area contributed by atoms with E-state index in [-0.39, 0.29) is 15.6 Å². The normalized spacial score (nSPS) is 11.9. The Bertz CT molecular complexity index is 1330. The second kappa shape index (κ2) is 8.25. The highest BCUT2D eigenvalue weighted by Gasteiger charge is 2.23. The van der Waals surface area contributed by atoms with Crippen LogP contribution in [0.5, 0.6) is 0 Å². The van der Waals surface area contributed by atoms with Gasteiger partial charge >= 0.3 is 0 Å². The highest BCUT2D eigenvalue weighted by molar-refractivity contribution is 7.93. The Balaban J connectivity index is 1.96. The van der Waals surface area contributed by atoms with Crippen LogP contribution in [0.3, 0.4) is 0 Å². The van der Waals surface area contributed by atoms with Crippen LogP contribution >= 0.6 is 11.6 Å². The summed E-state index contributed by atoms with van der Waals surface area (Å²) in [6.07, 6.45) is 0. The van der Waals surface area contributed by atoms with Crippen molar-refractivity contribution in [2.75, 3.05) is 9.44 Å². The Kier molecular flexibility index (Phi) is 6.07. The standard InChI is InChI=1S/C20H18ClFN2O4S2/c1-13-5-3-6-15(11-13)23-29(25,26)16-10-9-14(2)18(12-16)24-30(27,28)19-8-4-7-17(21)20(19)22/h3-12,23-24H,1-2H3. The molecule has 3 rings (SSSR count). The van der Waals surface area contributed by atoms with Crippen LogP contribution < -0.4 is 9.44 Å². The van der Waals surface area contributed by atoms with Crippen molar-refractivity contribution in [3.05, 3.63) is 82.6 Å². The largest absolute Gasteiger partial charge is 0.280 e. The third-order valence-electron chi connectivity index (χ3n) is 4.24. The van der Waals surface area contributed by atoms with Crippen LogP contribution in [0.1, 0.15) is 11.1 Å². The second-order valence-electron chi connectivity index (χ2n) is 6.61. The summed E-state index contributed by atoms with van der Waals surface area (Å²) in [7, 11) is -8.32. The number of halogens is 2. The van der Waals surface area contributed by atoms with Crippen LogP contribution in [0, 0.1) is 19.7 Å². The topological polar surface area (TPSA) is 92.3 Å². The lowest BCUT2D eigenvalue weighted by Gasteiger charge is -2.14. The molecule has 0 aliphatic rings. The molecule has 0 aromatic heterocycles. The maximum atomic E-state index is 14.2. The molecule has 0 bridgehead atoms. The molecule has 0 saturated heterocycles. The molecule has 2 N–H and O–H groups in total. The third-order valence-corrected chi connectivity index (χ3v) is 7.29. The highest BCUT2D eigenvalue weighted by Crippen LogP contribution is 2.27. The quantitative estimate of drug-likeness (QED) is 0.548. The molecule has 0 saturated carbocycles. The summed E-state index contributed by atoms with van der Waals surface area (Å²) in [5.41, 5.74) is 1.70. The summed E-state index contributed by atoms with van der Waals surface area (Å²) in [6, 6.07) is 14.4. The fourth-order valence-electron chi connectivity index (χ4n) is 2.69. The minimum Gasteiger partial charge on any atom is -0.280 e. The van der Waals surface area contributed by atoms with Crippen molar-refractivity contribution in [1.29, 1.82) is 0 Å². The van der Waals surface area contributed by atoms with Gasteiger partial charge in [0.25, 0.3) is 20.0 Å². The number of sulfonamides is 2. The Labute approximate surface area is 179 Å². The van der Waals surface area contributed by atoms with Crippen molar-refractivity contribution < 1.29 is 21.2 Å². The van der Waals surface area contributed by atoms with Gasteiger partial charge < -0.3 is 0 Å². The van der Waals surface area contributed by atoms with Crippen LogP contribution in [-0.4, -0.2) is 16.8 Å². The van der Waals surface area contributed by atoms with E-state index in [1.807, 2.05) is 13.0 Å². The van der Waals surface area contributed by atoms with Gasteiger partial charge in [-0.15, -0.1) is 0 Å². The Hall–Kier alpha value is -2.62. The van der Waals surface area contributed by atoms with Crippen LogP contribution in [-0.2, 0) is 20.0 Å². The average Bonchev–Trinajstić information content (AvgIpc) is 2.65. The van der Waals surface area contributed by atoms with Crippen molar-refractivity contribution in [3.8, 4) is 0 Å². The summed E-state index contributed by atoms with van der Waals surface area (Å²) in [5.74, 6) is -1.09. The summed E-state index contributed by atoms with van der Waals surface area (Å²) in [4.78, 5) is -0.792. The minimum absolute atomic E-state index is 0.00138. The van der Waals surface area contributed by atoms with E-state index in [9.17, 15) is 21.2 Å². The van der Waals surface area contributed by atoms with Gasteiger partial charge in [0.2, 0.25) is 0 Å². The maximum absolute atomic E-state index is 14.2. The molecule has 158 valence electrons. The summed E-state index contributed by atoms with van der Waals surface area (Å²) in [5, 5.41) is -0.340. The zero-order valence-corrected chi connectivity index (χ0v) is 18.4. The van der Waals surface area contributed by atoms with Crippen molar-refractivity contribution in [2.45, 2.75) is 23.6 Å². The number of benzene rings is 3. The van der Waals surface area contributed by atoms with Gasteiger partial charge in [0.1, 0.15) is 4.90 Å². The molecule has 3 aromatic rings. The molecule has 0 atom stereocenters. The SMILES string of the molecule is Cc1cccc(NS(=O)(=O)c2ccc(C)c(NS(=O)(=O)c3cccc(Cl)c3F)c2)c1. The average molecular weight is 469 g/mol. The Morgan fingerprint density at radius 2 is 1.53 bits per heavy atom. The van der Waals surface area contributed by atoms with E-state index in [1.165, 1.54) is 30.3 Å². The van der Waals surface area contributed by atoms with E-state index in [0.29, 0.717) is 11.3 Å². The summed E-state index contributed by atoms with van der Waals surface area (Å²) < 4.78 is 69.6. The number of nitrogens with one attached hydrogen (secondary N) is 2. The monoisotopic (exact) mass is 468 g/mol. The molecule has 0 unspecified atom stereocenters. The number of aryl methyl sites for hydroxylation is 2. The van der Waals surface area contributed by atoms with Gasteiger partial charge in [-0.1, -0.05) is 35.9 Å². The third kappa shape index (κ3) is 4.75. The predicted octanol–water partition coefficient (Wildman–Crippen LogP) is 4.70. The molecule has 0 radical (unpaired) electrons. The molecular formula is C20H18ClFN2O4S2. The first-order chi connectivity index (χ1) is 14.0. The van der Waals surface area contributed by atoms with Gasteiger partial charge in [-0.3, -0.25) is 9.44 Å². The van der Waals surface area contributed by atoms with Gasteiger partial charge in [-0.25, -0.2) is 21.2 Å². The number of hydrogen-bond acceptors (Lipinski definition) is 4. The highest BCUT2D eigenvalue weighted by atomic mass is 35.5. The Morgan fingerprint density at radius 3 is 2.23 bits per heavy atom. The van der Waals surface area contributed by atoms with E-state index in [1.54, 1.807) is 25.1 Å². The number of anilines is 2. The van der Waals surface area contributed by atoms with Crippen molar-refractivity contribution in [2.24, 2.45) is 0 Å². The first kappa shape index (κ1) is 22.1. The van der Waals surface area contributed by atoms with Gasteiger partial charge in [-0.2, -0.15) is 0 Å². The predicted molar refractivity (Wildman–Crippen MR) is 115 cm³/mol. The van der Waals surface area contributed by atoms with E-state index < -0.39 is 30.8 Å². The van der Waals surface area contributed by atoms with Gasteiger partial charge in [0.15, 0.2) is 5.82 Å². The first-order valence-corrected chi connectivity index (χ1v) is 12.0.